The van der Waals surface area contributed by atoms with Crippen molar-refractivity contribution in [2.45, 2.75) is 12.8 Å². The first-order valence-corrected chi connectivity index (χ1v) is 7.87. The van der Waals surface area contributed by atoms with Crippen LogP contribution in [0, 0.1) is 0 Å². The predicted octanol–water partition coefficient (Wildman–Crippen LogP) is 3.44. The lowest BCUT2D eigenvalue weighted by Crippen LogP contribution is -2.15. The summed E-state index contributed by atoms with van der Waals surface area (Å²) >= 11 is 0. The molecule has 4 rings (SSSR count). The number of hydrogen-bond acceptors (Lipinski definition) is 3. The quantitative estimate of drug-likeness (QED) is 0.777. The van der Waals surface area contributed by atoms with Gasteiger partial charge in [-0.05, 0) is 42.7 Å². The molecule has 1 aliphatic rings. The minimum Gasteiger partial charge on any atom is -0.497 e. The van der Waals surface area contributed by atoms with Gasteiger partial charge in [0.15, 0.2) is 0 Å². The molecule has 0 spiro atoms. The Kier molecular flexibility index (Phi) is 3.54. The number of benzene rings is 2. The molecule has 120 valence electrons. The summed E-state index contributed by atoms with van der Waals surface area (Å²) in [4.78, 5) is 12.6. The summed E-state index contributed by atoms with van der Waals surface area (Å²) in [7, 11) is 1.61. The number of fused-ring (bicyclic) bond motifs is 3. The number of aryl methyl sites for hydroxylation is 1. The van der Waals surface area contributed by atoms with Gasteiger partial charge in [0, 0.05) is 16.8 Å². The number of nitrogens with one attached hydrogen (secondary N) is 2. The van der Waals surface area contributed by atoms with E-state index >= 15 is 0 Å². The molecule has 1 heterocycles. The van der Waals surface area contributed by atoms with Gasteiger partial charge in [0.05, 0.1) is 12.8 Å². The molecule has 0 bridgehead atoms. The number of carbonyl (C=O) groups excluding carboxylic acids is 1. The average molecular weight is 319 g/mol. The van der Waals surface area contributed by atoms with Gasteiger partial charge in [-0.15, -0.1) is 0 Å². The van der Waals surface area contributed by atoms with Gasteiger partial charge in [0.2, 0.25) is 0 Å². The Hall–Kier alpha value is -3.08. The Morgan fingerprint density at radius 1 is 1.12 bits per heavy atom. The highest BCUT2D eigenvalue weighted by Crippen LogP contribution is 2.33. The summed E-state index contributed by atoms with van der Waals surface area (Å²) in [6.45, 7) is 0. The first-order chi connectivity index (χ1) is 11.8. The molecule has 0 aliphatic heterocycles. The molecule has 3 aromatic rings. The van der Waals surface area contributed by atoms with E-state index in [0.717, 1.165) is 41.1 Å². The van der Waals surface area contributed by atoms with Crippen LogP contribution in [0.25, 0.3) is 11.3 Å². The number of aromatic nitrogens is 2. The van der Waals surface area contributed by atoms with Crippen molar-refractivity contribution in [2.24, 2.45) is 0 Å². The van der Waals surface area contributed by atoms with Gasteiger partial charge in [-0.3, -0.25) is 9.89 Å². The van der Waals surface area contributed by atoms with Crippen molar-refractivity contribution in [1.82, 2.24) is 10.2 Å². The molecule has 0 atom stereocenters. The van der Waals surface area contributed by atoms with Gasteiger partial charge in [0.1, 0.15) is 11.4 Å². The van der Waals surface area contributed by atoms with E-state index in [1.54, 1.807) is 7.11 Å². The Balaban J connectivity index is 1.62. The Morgan fingerprint density at radius 2 is 1.92 bits per heavy atom. The van der Waals surface area contributed by atoms with Crippen LogP contribution in [-0.4, -0.2) is 23.2 Å². The molecule has 0 fully saturated rings. The normalized spacial score (nSPS) is 12.2. The van der Waals surface area contributed by atoms with E-state index in [-0.39, 0.29) is 5.91 Å². The van der Waals surface area contributed by atoms with E-state index in [2.05, 4.69) is 27.6 Å². The number of rotatable bonds is 3. The standard InChI is InChI=1S/C19H17N3O2/c1-24-14-9-7-13(8-10-14)20-19(23)18-16-11-6-12-4-2-3-5-15(12)17(16)21-22-18/h2-5,7-10H,6,11H2,1H3,(H,20,23)(H,21,22). The first kappa shape index (κ1) is 14.5. The summed E-state index contributed by atoms with van der Waals surface area (Å²) in [6, 6.07) is 15.5. The molecule has 0 saturated heterocycles. The molecule has 1 aromatic heterocycles. The van der Waals surface area contributed by atoms with Crippen LogP contribution in [0.3, 0.4) is 0 Å². The third kappa shape index (κ3) is 2.44. The summed E-state index contributed by atoms with van der Waals surface area (Å²) in [5.41, 5.74) is 5.52. The lowest BCUT2D eigenvalue weighted by atomic mass is 9.89. The number of ether oxygens (including phenoxy) is 1. The molecule has 24 heavy (non-hydrogen) atoms. The van der Waals surface area contributed by atoms with Gasteiger partial charge in [-0.1, -0.05) is 24.3 Å². The molecule has 1 aliphatic carbocycles. The minimum atomic E-state index is -0.173. The zero-order chi connectivity index (χ0) is 16.5. The van der Waals surface area contributed by atoms with Crippen molar-refractivity contribution >= 4 is 11.6 Å². The molecule has 0 unspecified atom stereocenters. The summed E-state index contributed by atoms with van der Waals surface area (Å²) < 4.78 is 5.13. The lowest BCUT2D eigenvalue weighted by molar-refractivity contribution is 0.102. The largest absolute Gasteiger partial charge is 0.497 e. The number of aromatic amines is 1. The highest BCUT2D eigenvalue weighted by atomic mass is 16.5. The van der Waals surface area contributed by atoms with E-state index in [1.807, 2.05) is 36.4 Å². The van der Waals surface area contributed by atoms with E-state index in [0.29, 0.717) is 5.69 Å². The number of anilines is 1. The molecule has 0 radical (unpaired) electrons. The van der Waals surface area contributed by atoms with Crippen LogP contribution >= 0.6 is 0 Å². The molecule has 2 aromatic carbocycles. The highest BCUT2D eigenvalue weighted by molar-refractivity contribution is 6.05. The number of amides is 1. The van der Waals surface area contributed by atoms with Gasteiger partial charge in [0.25, 0.3) is 5.91 Å². The second-order valence-corrected chi connectivity index (χ2v) is 5.77. The smallest absolute Gasteiger partial charge is 0.273 e. The maximum atomic E-state index is 12.6. The minimum absolute atomic E-state index is 0.173. The van der Waals surface area contributed by atoms with Crippen LogP contribution in [0.2, 0.25) is 0 Å². The topological polar surface area (TPSA) is 67.0 Å². The molecule has 1 amide bonds. The Bertz CT molecular complexity index is 897. The fraction of sp³-hybridized carbons (Fsp3) is 0.158. The van der Waals surface area contributed by atoms with Crippen molar-refractivity contribution in [2.75, 3.05) is 12.4 Å². The first-order valence-electron chi connectivity index (χ1n) is 7.87. The number of H-pyrrole nitrogens is 1. The zero-order valence-corrected chi connectivity index (χ0v) is 13.3. The van der Waals surface area contributed by atoms with Crippen molar-refractivity contribution < 1.29 is 9.53 Å². The van der Waals surface area contributed by atoms with Crippen LogP contribution in [0.5, 0.6) is 5.75 Å². The van der Waals surface area contributed by atoms with Crippen LogP contribution in [-0.2, 0) is 12.8 Å². The number of hydrogen-bond donors (Lipinski definition) is 2. The third-order valence-corrected chi connectivity index (χ3v) is 4.36. The third-order valence-electron chi connectivity index (χ3n) is 4.36. The molecule has 0 saturated carbocycles. The van der Waals surface area contributed by atoms with Crippen molar-refractivity contribution in [1.29, 1.82) is 0 Å². The van der Waals surface area contributed by atoms with Crippen LogP contribution < -0.4 is 10.1 Å². The Labute approximate surface area is 139 Å². The second kappa shape index (κ2) is 5.85. The summed E-state index contributed by atoms with van der Waals surface area (Å²) in [6.07, 6.45) is 1.74. The van der Waals surface area contributed by atoms with Gasteiger partial charge in [-0.25, -0.2) is 0 Å². The number of nitrogens with zero attached hydrogens (tertiary/aromatic N) is 1. The summed E-state index contributed by atoms with van der Waals surface area (Å²) in [5, 5.41) is 10.2. The van der Waals surface area contributed by atoms with Crippen LogP contribution in [0.1, 0.15) is 21.6 Å². The molecule has 2 N–H and O–H groups in total. The average Bonchev–Trinajstić information content (AvgIpc) is 3.07. The van der Waals surface area contributed by atoms with E-state index in [4.69, 9.17) is 4.74 Å². The Morgan fingerprint density at radius 3 is 2.71 bits per heavy atom. The fourth-order valence-electron chi connectivity index (χ4n) is 3.12. The second-order valence-electron chi connectivity index (χ2n) is 5.77. The molecule has 5 nitrogen and oxygen atoms in total. The van der Waals surface area contributed by atoms with Crippen molar-refractivity contribution in [3.63, 3.8) is 0 Å². The van der Waals surface area contributed by atoms with Crippen molar-refractivity contribution in [3.05, 3.63) is 65.4 Å². The van der Waals surface area contributed by atoms with E-state index < -0.39 is 0 Å². The maximum Gasteiger partial charge on any atom is 0.273 e. The fourth-order valence-corrected chi connectivity index (χ4v) is 3.12. The molecular weight excluding hydrogens is 302 g/mol. The predicted molar refractivity (Wildman–Crippen MR) is 92.4 cm³/mol. The SMILES string of the molecule is COc1ccc(NC(=O)c2[nH]nc3c2CCc2ccccc2-3)cc1. The lowest BCUT2D eigenvalue weighted by Gasteiger charge is -2.15. The highest BCUT2D eigenvalue weighted by Gasteiger charge is 2.24. The van der Waals surface area contributed by atoms with Crippen LogP contribution in [0.4, 0.5) is 5.69 Å². The van der Waals surface area contributed by atoms with Gasteiger partial charge >= 0.3 is 0 Å². The van der Waals surface area contributed by atoms with E-state index in [9.17, 15) is 4.79 Å². The van der Waals surface area contributed by atoms with Gasteiger partial charge in [-0.2, -0.15) is 5.10 Å². The molecular formula is C19H17N3O2. The monoisotopic (exact) mass is 319 g/mol. The summed E-state index contributed by atoms with van der Waals surface area (Å²) in [5.74, 6) is 0.580. The maximum absolute atomic E-state index is 12.6. The van der Waals surface area contributed by atoms with Crippen molar-refractivity contribution in [3.8, 4) is 17.0 Å². The van der Waals surface area contributed by atoms with Gasteiger partial charge < -0.3 is 10.1 Å². The number of methoxy groups -OCH3 is 1. The zero-order valence-electron chi connectivity index (χ0n) is 13.3. The van der Waals surface area contributed by atoms with E-state index in [1.165, 1.54) is 5.56 Å². The molecule has 5 heteroatoms. The number of carbonyl (C=O) groups is 1. The van der Waals surface area contributed by atoms with Crippen LogP contribution in [0.15, 0.2) is 48.5 Å².